The fourth-order valence-corrected chi connectivity index (χ4v) is 2.01. The summed E-state index contributed by atoms with van der Waals surface area (Å²) in [5.74, 6) is -0.903. The van der Waals surface area contributed by atoms with E-state index in [2.05, 4.69) is 26.2 Å². The van der Waals surface area contributed by atoms with Gasteiger partial charge in [-0.1, -0.05) is 13.8 Å². The van der Waals surface area contributed by atoms with E-state index >= 15 is 0 Å². The molecule has 1 rings (SSSR count). The zero-order valence-corrected chi connectivity index (χ0v) is 12.0. The Hall–Kier alpha value is -1.70. The number of aliphatic carboxylic acids is 1. The van der Waals surface area contributed by atoms with Gasteiger partial charge in [0, 0.05) is 6.20 Å². The molecular formula is C11H14BrN3O4. The van der Waals surface area contributed by atoms with E-state index in [1.54, 1.807) is 0 Å². The normalized spacial score (nSPS) is 12.2. The van der Waals surface area contributed by atoms with Crippen LogP contribution in [0, 0.1) is 16.0 Å². The van der Waals surface area contributed by atoms with Crippen LogP contribution in [0.3, 0.4) is 0 Å². The Morgan fingerprint density at radius 3 is 2.68 bits per heavy atom. The fraction of sp³-hybridized carbons (Fsp3) is 0.455. The lowest BCUT2D eigenvalue weighted by Gasteiger charge is -2.18. The highest BCUT2D eigenvalue weighted by molar-refractivity contribution is 9.10. The Labute approximate surface area is 118 Å². The standard InChI is InChI=1S/C11H14BrN3O4/c1-6(2)3-8(11(16)17)14-10-7(12)4-13-5-9(10)15(18)19/h4-6,8H,3H2,1-2H3,(H,13,14)(H,16,17). The second kappa shape index (κ2) is 6.46. The van der Waals surface area contributed by atoms with Crippen molar-refractivity contribution in [2.45, 2.75) is 26.3 Å². The predicted octanol–water partition coefficient (Wildman–Crippen LogP) is 2.66. The van der Waals surface area contributed by atoms with Crippen molar-refractivity contribution < 1.29 is 14.8 Å². The molecule has 0 aliphatic heterocycles. The van der Waals surface area contributed by atoms with E-state index < -0.39 is 16.9 Å². The number of hydrogen-bond donors (Lipinski definition) is 2. The van der Waals surface area contributed by atoms with E-state index in [4.69, 9.17) is 5.11 Å². The molecule has 8 heteroatoms. The molecule has 2 N–H and O–H groups in total. The maximum absolute atomic E-state index is 11.2. The second-order valence-electron chi connectivity index (χ2n) is 4.44. The van der Waals surface area contributed by atoms with E-state index in [1.807, 2.05) is 13.8 Å². The molecule has 19 heavy (non-hydrogen) atoms. The molecule has 1 heterocycles. The number of nitro groups is 1. The third kappa shape index (κ3) is 4.16. The molecule has 0 aliphatic carbocycles. The van der Waals surface area contributed by atoms with E-state index in [1.165, 1.54) is 6.20 Å². The molecule has 1 atom stereocenters. The van der Waals surface area contributed by atoms with Gasteiger partial charge >= 0.3 is 11.7 Å². The highest BCUT2D eigenvalue weighted by Gasteiger charge is 2.24. The van der Waals surface area contributed by atoms with Crippen LogP contribution in [-0.2, 0) is 4.79 Å². The third-order valence-corrected chi connectivity index (χ3v) is 3.00. The number of rotatable bonds is 6. The Bertz CT molecular complexity index is 493. The molecule has 0 spiro atoms. The number of pyridine rings is 1. The van der Waals surface area contributed by atoms with Crippen molar-refractivity contribution in [3.8, 4) is 0 Å². The Kier molecular flexibility index (Phi) is 5.22. The number of nitrogens with one attached hydrogen (secondary N) is 1. The van der Waals surface area contributed by atoms with Gasteiger partial charge in [-0.25, -0.2) is 4.79 Å². The second-order valence-corrected chi connectivity index (χ2v) is 5.29. The van der Waals surface area contributed by atoms with Crippen LogP contribution >= 0.6 is 15.9 Å². The van der Waals surface area contributed by atoms with Gasteiger partial charge in [0.1, 0.15) is 17.9 Å². The number of aromatic nitrogens is 1. The maximum atomic E-state index is 11.2. The quantitative estimate of drug-likeness (QED) is 0.613. The van der Waals surface area contributed by atoms with Crippen LogP contribution in [0.25, 0.3) is 0 Å². The molecule has 7 nitrogen and oxygen atoms in total. The molecule has 0 aliphatic rings. The summed E-state index contributed by atoms with van der Waals surface area (Å²) in [6.45, 7) is 3.77. The van der Waals surface area contributed by atoms with Gasteiger partial charge in [0.15, 0.2) is 0 Å². The molecule has 0 aromatic carbocycles. The van der Waals surface area contributed by atoms with Crippen molar-refractivity contribution >= 4 is 33.3 Å². The minimum atomic E-state index is -1.05. The lowest BCUT2D eigenvalue weighted by molar-refractivity contribution is -0.384. The third-order valence-electron chi connectivity index (χ3n) is 2.40. The first-order valence-corrected chi connectivity index (χ1v) is 6.39. The number of carbonyl (C=O) groups is 1. The summed E-state index contributed by atoms with van der Waals surface area (Å²) in [5.41, 5.74) is -0.127. The molecule has 1 unspecified atom stereocenters. The molecule has 0 saturated carbocycles. The average Bonchev–Trinajstić information content (AvgIpc) is 2.29. The van der Waals surface area contributed by atoms with Crippen LogP contribution in [0.5, 0.6) is 0 Å². The molecule has 0 saturated heterocycles. The van der Waals surface area contributed by atoms with Crippen LogP contribution in [0.1, 0.15) is 20.3 Å². The van der Waals surface area contributed by atoms with Gasteiger partial charge in [-0.3, -0.25) is 15.1 Å². The summed E-state index contributed by atoms with van der Waals surface area (Å²) >= 11 is 3.14. The minimum absolute atomic E-state index is 0.132. The predicted molar refractivity (Wildman–Crippen MR) is 73.1 cm³/mol. The minimum Gasteiger partial charge on any atom is -0.480 e. The topological polar surface area (TPSA) is 105 Å². The summed E-state index contributed by atoms with van der Waals surface area (Å²) in [6, 6.07) is -0.891. The van der Waals surface area contributed by atoms with Crippen molar-refractivity contribution in [1.29, 1.82) is 0 Å². The monoisotopic (exact) mass is 331 g/mol. The molecule has 1 aromatic heterocycles. The van der Waals surface area contributed by atoms with Crippen LogP contribution in [-0.4, -0.2) is 27.0 Å². The van der Waals surface area contributed by atoms with Crippen molar-refractivity contribution in [2.75, 3.05) is 5.32 Å². The number of halogens is 1. The summed E-state index contributed by atoms with van der Waals surface area (Å²) in [6.07, 6.45) is 2.83. The first kappa shape index (κ1) is 15.4. The number of nitrogens with zero attached hydrogens (tertiary/aromatic N) is 2. The van der Waals surface area contributed by atoms with Crippen LogP contribution in [0.4, 0.5) is 11.4 Å². The Morgan fingerprint density at radius 2 is 2.21 bits per heavy atom. The molecule has 1 aromatic rings. The van der Waals surface area contributed by atoms with E-state index in [9.17, 15) is 14.9 Å². The highest BCUT2D eigenvalue weighted by Crippen LogP contribution is 2.32. The number of carboxylic acid groups (broad SMARTS) is 1. The lowest BCUT2D eigenvalue weighted by atomic mass is 10.0. The maximum Gasteiger partial charge on any atom is 0.326 e. The summed E-state index contributed by atoms with van der Waals surface area (Å²) in [5, 5.41) is 22.7. The largest absolute Gasteiger partial charge is 0.480 e. The van der Waals surface area contributed by atoms with E-state index in [0.29, 0.717) is 10.9 Å². The van der Waals surface area contributed by atoms with Crippen molar-refractivity contribution in [3.05, 3.63) is 27.0 Å². The van der Waals surface area contributed by atoms with Crippen LogP contribution in [0.15, 0.2) is 16.9 Å². The first-order chi connectivity index (χ1) is 8.82. The summed E-state index contributed by atoms with van der Waals surface area (Å²) < 4.78 is 0.358. The zero-order valence-electron chi connectivity index (χ0n) is 10.5. The first-order valence-electron chi connectivity index (χ1n) is 5.60. The van der Waals surface area contributed by atoms with Gasteiger partial charge in [0.2, 0.25) is 0 Å². The lowest BCUT2D eigenvalue weighted by Crippen LogP contribution is -2.31. The van der Waals surface area contributed by atoms with Gasteiger partial charge < -0.3 is 10.4 Å². The molecule has 104 valence electrons. The van der Waals surface area contributed by atoms with Gasteiger partial charge in [0.05, 0.1) is 9.40 Å². The Balaban J connectivity index is 3.08. The fourth-order valence-electron chi connectivity index (χ4n) is 1.57. The smallest absolute Gasteiger partial charge is 0.326 e. The van der Waals surface area contributed by atoms with Crippen molar-refractivity contribution in [1.82, 2.24) is 4.98 Å². The van der Waals surface area contributed by atoms with E-state index in [-0.39, 0.29) is 17.3 Å². The van der Waals surface area contributed by atoms with Gasteiger partial charge in [-0.05, 0) is 28.3 Å². The number of hydrogen-bond acceptors (Lipinski definition) is 5. The molecule has 0 bridgehead atoms. The van der Waals surface area contributed by atoms with Gasteiger partial charge in [-0.2, -0.15) is 0 Å². The zero-order chi connectivity index (χ0) is 14.6. The number of carboxylic acids is 1. The van der Waals surface area contributed by atoms with Crippen LogP contribution < -0.4 is 5.32 Å². The Morgan fingerprint density at radius 1 is 1.58 bits per heavy atom. The van der Waals surface area contributed by atoms with E-state index in [0.717, 1.165) is 6.20 Å². The summed E-state index contributed by atoms with van der Waals surface area (Å²) in [4.78, 5) is 25.2. The van der Waals surface area contributed by atoms with Gasteiger partial charge in [0.25, 0.3) is 0 Å². The number of anilines is 1. The molecule has 0 radical (unpaired) electrons. The summed E-state index contributed by atoms with van der Waals surface area (Å²) in [7, 11) is 0. The highest BCUT2D eigenvalue weighted by atomic mass is 79.9. The molecular weight excluding hydrogens is 318 g/mol. The van der Waals surface area contributed by atoms with Crippen molar-refractivity contribution in [2.24, 2.45) is 5.92 Å². The van der Waals surface area contributed by atoms with Crippen molar-refractivity contribution in [3.63, 3.8) is 0 Å². The average molecular weight is 332 g/mol. The molecule has 0 amide bonds. The SMILES string of the molecule is CC(C)CC(Nc1c(Br)cncc1[N+](=O)[O-])C(=O)O. The van der Waals surface area contributed by atoms with Crippen LogP contribution in [0.2, 0.25) is 0 Å². The van der Waals surface area contributed by atoms with Gasteiger partial charge in [-0.15, -0.1) is 0 Å². The molecule has 0 fully saturated rings.